The van der Waals surface area contributed by atoms with Crippen LogP contribution in [0.1, 0.15) is 36.7 Å². The van der Waals surface area contributed by atoms with Crippen LogP contribution in [-0.4, -0.2) is 17.0 Å². The van der Waals surface area contributed by atoms with E-state index in [4.69, 9.17) is 11.6 Å². The van der Waals surface area contributed by atoms with Gasteiger partial charge in [-0.25, -0.2) is 4.79 Å². The zero-order valence-electron chi connectivity index (χ0n) is 11.8. The fraction of sp³-hybridized carbons (Fsp3) is 0.200. The number of aromatic carboxylic acids is 1. The van der Waals surface area contributed by atoms with Gasteiger partial charge in [0.1, 0.15) is 5.00 Å². The van der Waals surface area contributed by atoms with Crippen molar-refractivity contribution in [1.29, 1.82) is 0 Å². The molecule has 1 amide bonds. The number of carbonyl (C=O) groups excluding carboxylic acids is 1. The molecule has 6 heteroatoms. The molecule has 1 aromatic carbocycles. The molecule has 0 atom stereocenters. The number of halogens is 1. The number of aryl methyl sites for hydroxylation is 2. The van der Waals surface area contributed by atoms with Crippen molar-refractivity contribution in [3.8, 4) is 0 Å². The summed E-state index contributed by atoms with van der Waals surface area (Å²) in [5.74, 6) is -1.38. The van der Waals surface area contributed by atoms with Crippen LogP contribution in [0.5, 0.6) is 0 Å². The number of hydrogen-bond acceptors (Lipinski definition) is 3. The fourth-order valence-electron chi connectivity index (χ4n) is 2.02. The highest BCUT2D eigenvalue weighted by Crippen LogP contribution is 2.32. The van der Waals surface area contributed by atoms with E-state index in [9.17, 15) is 14.7 Å². The number of amides is 1. The minimum Gasteiger partial charge on any atom is -0.478 e. The van der Waals surface area contributed by atoms with Gasteiger partial charge in [-0.2, -0.15) is 0 Å². The van der Waals surface area contributed by atoms with E-state index in [1.54, 1.807) is 32.0 Å². The minimum absolute atomic E-state index is 0.150. The number of carboxylic acids is 1. The number of rotatable bonds is 3. The Bertz CT molecular complexity index is 737. The summed E-state index contributed by atoms with van der Waals surface area (Å²) in [6.07, 6.45) is 0. The molecule has 0 fully saturated rings. The number of nitrogens with one attached hydrogen (secondary N) is 1. The summed E-state index contributed by atoms with van der Waals surface area (Å²) in [5, 5.41) is 12.9. The Labute approximate surface area is 131 Å². The van der Waals surface area contributed by atoms with E-state index >= 15 is 0 Å². The summed E-state index contributed by atoms with van der Waals surface area (Å²) in [4.78, 5) is 24.5. The van der Waals surface area contributed by atoms with Gasteiger partial charge >= 0.3 is 5.97 Å². The van der Waals surface area contributed by atoms with Crippen molar-refractivity contribution in [2.75, 3.05) is 5.32 Å². The second-order valence-electron chi connectivity index (χ2n) is 4.71. The summed E-state index contributed by atoms with van der Waals surface area (Å²) in [6.45, 7) is 5.35. The lowest BCUT2D eigenvalue weighted by atomic mass is 10.1. The van der Waals surface area contributed by atoms with Crippen molar-refractivity contribution in [2.45, 2.75) is 20.8 Å². The summed E-state index contributed by atoms with van der Waals surface area (Å²) >= 11 is 7.13. The van der Waals surface area contributed by atoms with E-state index in [-0.39, 0.29) is 11.5 Å². The molecule has 0 saturated carbocycles. The van der Waals surface area contributed by atoms with Crippen LogP contribution in [0.4, 0.5) is 5.00 Å². The van der Waals surface area contributed by atoms with Gasteiger partial charge in [0.25, 0.3) is 5.91 Å². The van der Waals surface area contributed by atoms with Gasteiger partial charge in [0.15, 0.2) is 0 Å². The van der Waals surface area contributed by atoms with Crippen LogP contribution < -0.4 is 5.32 Å². The highest BCUT2D eigenvalue weighted by Gasteiger charge is 2.21. The Balaban J connectivity index is 2.36. The molecule has 0 aliphatic carbocycles. The summed E-state index contributed by atoms with van der Waals surface area (Å²) < 4.78 is 0. The molecule has 110 valence electrons. The van der Waals surface area contributed by atoms with E-state index < -0.39 is 5.97 Å². The number of benzene rings is 1. The predicted octanol–water partition coefficient (Wildman–Crippen LogP) is 4.28. The van der Waals surface area contributed by atoms with Gasteiger partial charge in [0.05, 0.1) is 5.56 Å². The van der Waals surface area contributed by atoms with Crippen molar-refractivity contribution in [1.82, 2.24) is 0 Å². The maximum absolute atomic E-state index is 12.3. The fourth-order valence-corrected chi connectivity index (χ4v) is 3.30. The first-order chi connectivity index (χ1) is 9.81. The van der Waals surface area contributed by atoms with Crippen LogP contribution in [0, 0.1) is 20.8 Å². The van der Waals surface area contributed by atoms with Crippen molar-refractivity contribution >= 4 is 39.8 Å². The van der Waals surface area contributed by atoms with Gasteiger partial charge in [0, 0.05) is 15.5 Å². The molecule has 4 nitrogen and oxygen atoms in total. The second kappa shape index (κ2) is 5.87. The molecule has 1 aromatic heterocycles. The quantitative estimate of drug-likeness (QED) is 0.886. The first-order valence-corrected chi connectivity index (χ1v) is 7.41. The van der Waals surface area contributed by atoms with Gasteiger partial charge < -0.3 is 10.4 Å². The first kappa shape index (κ1) is 15.5. The van der Waals surface area contributed by atoms with Gasteiger partial charge in [-0.05, 0) is 50.1 Å². The maximum atomic E-state index is 12.3. The van der Waals surface area contributed by atoms with E-state index in [1.165, 1.54) is 11.3 Å². The monoisotopic (exact) mass is 323 g/mol. The smallest absolute Gasteiger partial charge is 0.338 e. The molecule has 0 saturated heterocycles. The molecule has 0 spiro atoms. The lowest BCUT2D eigenvalue weighted by Crippen LogP contribution is -2.14. The predicted molar refractivity (Wildman–Crippen MR) is 84.9 cm³/mol. The highest BCUT2D eigenvalue weighted by molar-refractivity contribution is 7.16. The molecule has 0 aliphatic heterocycles. The van der Waals surface area contributed by atoms with Gasteiger partial charge in [-0.3, -0.25) is 4.79 Å². The van der Waals surface area contributed by atoms with E-state index in [1.807, 2.05) is 6.92 Å². The molecule has 21 heavy (non-hydrogen) atoms. The molecule has 0 aliphatic rings. The summed E-state index contributed by atoms with van der Waals surface area (Å²) in [5.41, 5.74) is 2.04. The lowest BCUT2D eigenvalue weighted by Gasteiger charge is -2.07. The normalized spacial score (nSPS) is 10.5. The van der Waals surface area contributed by atoms with Crippen LogP contribution in [0.25, 0.3) is 0 Å². The molecule has 2 rings (SSSR count). The molecule has 2 N–H and O–H groups in total. The number of hydrogen-bond donors (Lipinski definition) is 2. The van der Waals surface area contributed by atoms with Crippen molar-refractivity contribution in [3.63, 3.8) is 0 Å². The Morgan fingerprint density at radius 2 is 1.90 bits per heavy atom. The molecule has 0 radical (unpaired) electrons. The van der Waals surface area contributed by atoms with Gasteiger partial charge in [-0.15, -0.1) is 11.3 Å². The highest BCUT2D eigenvalue weighted by atomic mass is 35.5. The third-order valence-corrected chi connectivity index (χ3v) is 4.62. The van der Waals surface area contributed by atoms with E-state index in [0.29, 0.717) is 21.2 Å². The summed E-state index contributed by atoms with van der Waals surface area (Å²) in [6, 6.07) is 4.95. The largest absolute Gasteiger partial charge is 0.478 e. The average Bonchev–Trinajstić information content (AvgIpc) is 2.64. The number of carbonyl (C=O) groups is 2. The molecular weight excluding hydrogens is 310 g/mol. The van der Waals surface area contributed by atoms with Crippen molar-refractivity contribution in [2.24, 2.45) is 0 Å². The van der Waals surface area contributed by atoms with Crippen LogP contribution >= 0.6 is 22.9 Å². The zero-order valence-corrected chi connectivity index (χ0v) is 13.4. The topological polar surface area (TPSA) is 66.4 Å². The molecule has 2 aromatic rings. The summed E-state index contributed by atoms with van der Waals surface area (Å²) in [7, 11) is 0. The number of anilines is 1. The van der Waals surface area contributed by atoms with Crippen molar-refractivity contribution < 1.29 is 14.7 Å². The Morgan fingerprint density at radius 1 is 1.24 bits per heavy atom. The standard InChI is InChI=1S/C15H14ClNO3S/c1-7-6-10(16)4-5-11(7)13(18)17-14-12(15(19)20)8(2)9(3)21-14/h4-6H,1-3H3,(H,17,18)(H,19,20). The second-order valence-corrected chi connectivity index (χ2v) is 6.37. The van der Waals surface area contributed by atoms with E-state index in [2.05, 4.69) is 5.32 Å². The van der Waals surface area contributed by atoms with Crippen LogP contribution in [0.3, 0.4) is 0 Å². The zero-order chi connectivity index (χ0) is 15.7. The van der Waals surface area contributed by atoms with Gasteiger partial charge in [-0.1, -0.05) is 11.6 Å². The molecule has 0 unspecified atom stereocenters. The molecule has 1 heterocycles. The van der Waals surface area contributed by atoms with Crippen molar-refractivity contribution in [3.05, 3.63) is 50.4 Å². The third kappa shape index (κ3) is 3.09. The maximum Gasteiger partial charge on any atom is 0.338 e. The Hall–Kier alpha value is -1.85. The number of thiophene rings is 1. The van der Waals surface area contributed by atoms with E-state index in [0.717, 1.165) is 10.4 Å². The number of carboxylic acid groups (broad SMARTS) is 1. The lowest BCUT2D eigenvalue weighted by molar-refractivity contribution is 0.0697. The van der Waals surface area contributed by atoms with Crippen LogP contribution in [-0.2, 0) is 0 Å². The SMILES string of the molecule is Cc1cc(Cl)ccc1C(=O)Nc1sc(C)c(C)c1C(=O)O. The third-order valence-electron chi connectivity index (χ3n) is 3.26. The average molecular weight is 324 g/mol. The van der Waals surface area contributed by atoms with Crippen LogP contribution in [0.2, 0.25) is 5.02 Å². The molecule has 0 bridgehead atoms. The van der Waals surface area contributed by atoms with Gasteiger partial charge in [0.2, 0.25) is 0 Å². The van der Waals surface area contributed by atoms with Crippen LogP contribution in [0.15, 0.2) is 18.2 Å². The Morgan fingerprint density at radius 3 is 2.48 bits per heavy atom. The first-order valence-electron chi connectivity index (χ1n) is 6.22. The molecular formula is C15H14ClNO3S. The minimum atomic E-state index is -1.04. The Kier molecular flexibility index (Phi) is 4.34.